The van der Waals surface area contributed by atoms with Crippen LogP contribution in [0.4, 0.5) is 4.79 Å². The van der Waals surface area contributed by atoms with E-state index in [0.717, 1.165) is 0 Å². The summed E-state index contributed by atoms with van der Waals surface area (Å²) in [6, 6.07) is -0.978. The molecule has 1 heterocycles. The quantitative estimate of drug-likeness (QED) is 0.491. The molecule has 1 atom stereocenters. The Morgan fingerprint density at radius 3 is 2.39 bits per heavy atom. The standard InChI is InChI=1S/C18H27N3O7/c1-7-27-15(23)12(20-17(24)28-18(2,3)4)8-9-13(22)11-10-19-16(26-6)21-14(11)25-5/h10,12H,7-9H2,1-6H3,(H,20,24)/t12-/m0/s1. The smallest absolute Gasteiger partial charge is 0.408 e. The van der Waals surface area contributed by atoms with Crippen molar-refractivity contribution in [1.29, 1.82) is 0 Å². The topological polar surface area (TPSA) is 126 Å². The number of nitrogens with one attached hydrogen (secondary N) is 1. The number of hydrogen-bond donors (Lipinski definition) is 1. The molecule has 0 radical (unpaired) electrons. The molecule has 156 valence electrons. The minimum absolute atomic E-state index is 0.00604. The van der Waals surface area contributed by atoms with E-state index in [4.69, 9.17) is 18.9 Å². The van der Waals surface area contributed by atoms with Crippen LogP contribution in [-0.2, 0) is 14.3 Å². The lowest BCUT2D eigenvalue weighted by atomic mass is 10.1. The Morgan fingerprint density at radius 2 is 1.86 bits per heavy atom. The van der Waals surface area contributed by atoms with E-state index in [-0.39, 0.29) is 42.7 Å². The number of methoxy groups -OCH3 is 2. The fourth-order valence-corrected chi connectivity index (χ4v) is 2.15. The number of carbonyl (C=O) groups excluding carboxylic acids is 3. The highest BCUT2D eigenvalue weighted by Gasteiger charge is 2.27. The Labute approximate surface area is 163 Å². The van der Waals surface area contributed by atoms with Gasteiger partial charge < -0.3 is 24.3 Å². The van der Waals surface area contributed by atoms with Gasteiger partial charge in [-0.15, -0.1) is 0 Å². The van der Waals surface area contributed by atoms with Crippen molar-refractivity contribution in [2.75, 3.05) is 20.8 Å². The summed E-state index contributed by atoms with van der Waals surface area (Å²) in [6.45, 7) is 6.88. The zero-order chi connectivity index (χ0) is 21.3. The summed E-state index contributed by atoms with van der Waals surface area (Å²) in [5.74, 6) is -0.955. The number of rotatable bonds is 9. The average molecular weight is 397 g/mol. The molecule has 0 aliphatic heterocycles. The summed E-state index contributed by atoms with van der Waals surface area (Å²) in [6.07, 6.45) is 0.439. The van der Waals surface area contributed by atoms with Crippen molar-refractivity contribution in [1.82, 2.24) is 15.3 Å². The molecule has 0 aromatic carbocycles. The molecule has 28 heavy (non-hydrogen) atoms. The number of hydrogen-bond acceptors (Lipinski definition) is 9. The van der Waals surface area contributed by atoms with Gasteiger partial charge in [0.25, 0.3) is 0 Å². The largest absolute Gasteiger partial charge is 0.480 e. The Bertz CT molecular complexity index is 701. The molecule has 10 nitrogen and oxygen atoms in total. The highest BCUT2D eigenvalue weighted by Crippen LogP contribution is 2.20. The van der Waals surface area contributed by atoms with Crippen LogP contribution in [0.2, 0.25) is 0 Å². The molecule has 0 unspecified atom stereocenters. The number of alkyl carbamates (subject to hydrolysis) is 1. The van der Waals surface area contributed by atoms with Gasteiger partial charge in [0.05, 0.1) is 26.4 Å². The monoisotopic (exact) mass is 397 g/mol. The van der Waals surface area contributed by atoms with Crippen LogP contribution < -0.4 is 14.8 Å². The molecule has 0 fully saturated rings. The van der Waals surface area contributed by atoms with Crippen molar-refractivity contribution in [3.05, 3.63) is 11.8 Å². The zero-order valence-electron chi connectivity index (χ0n) is 17.0. The average Bonchev–Trinajstić information content (AvgIpc) is 2.62. The molecule has 0 aliphatic rings. The maximum absolute atomic E-state index is 12.5. The molecular formula is C18H27N3O7. The number of carbonyl (C=O) groups is 3. The summed E-state index contributed by atoms with van der Waals surface area (Å²) in [5.41, 5.74) is -0.587. The normalized spacial score (nSPS) is 11.9. The van der Waals surface area contributed by atoms with E-state index < -0.39 is 23.7 Å². The molecule has 1 N–H and O–H groups in total. The molecule has 1 amide bonds. The Hall–Kier alpha value is -2.91. The second-order valence-electron chi connectivity index (χ2n) is 6.69. The minimum atomic E-state index is -1.04. The van der Waals surface area contributed by atoms with Crippen LogP contribution in [0.3, 0.4) is 0 Å². The zero-order valence-corrected chi connectivity index (χ0v) is 17.0. The van der Waals surface area contributed by atoms with Crippen LogP contribution in [0, 0.1) is 0 Å². The lowest BCUT2D eigenvalue weighted by Crippen LogP contribution is -2.44. The van der Waals surface area contributed by atoms with Crippen molar-refractivity contribution >= 4 is 17.8 Å². The second-order valence-corrected chi connectivity index (χ2v) is 6.69. The summed E-state index contributed by atoms with van der Waals surface area (Å²) >= 11 is 0. The van der Waals surface area contributed by atoms with E-state index in [1.54, 1.807) is 27.7 Å². The number of nitrogens with zero attached hydrogens (tertiary/aromatic N) is 2. The summed E-state index contributed by atoms with van der Waals surface area (Å²) < 4.78 is 20.1. The van der Waals surface area contributed by atoms with Crippen molar-refractivity contribution in [3.63, 3.8) is 0 Å². The highest BCUT2D eigenvalue weighted by molar-refractivity contribution is 5.98. The number of ether oxygens (including phenoxy) is 4. The SMILES string of the molecule is CCOC(=O)[C@H](CCC(=O)c1cnc(OC)nc1OC)NC(=O)OC(C)(C)C. The van der Waals surface area contributed by atoms with Gasteiger partial charge in [-0.05, 0) is 34.1 Å². The molecule has 0 spiro atoms. The molecule has 1 rings (SSSR count). The first-order valence-electron chi connectivity index (χ1n) is 8.75. The number of Topliss-reactive ketones (excluding diaryl/α,β-unsaturated/α-hetero) is 1. The Morgan fingerprint density at radius 1 is 1.18 bits per heavy atom. The first-order chi connectivity index (χ1) is 13.1. The molecule has 1 aromatic rings. The van der Waals surface area contributed by atoms with E-state index in [9.17, 15) is 14.4 Å². The van der Waals surface area contributed by atoms with Crippen molar-refractivity contribution < 1.29 is 33.3 Å². The maximum atomic E-state index is 12.5. The number of amides is 1. The third-order valence-electron chi connectivity index (χ3n) is 3.33. The van der Waals surface area contributed by atoms with E-state index >= 15 is 0 Å². The minimum Gasteiger partial charge on any atom is -0.480 e. The van der Waals surface area contributed by atoms with Crippen LogP contribution in [0.1, 0.15) is 50.9 Å². The van der Waals surface area contributed by atoms with E-state index in [1.807, 2.05) is 0 Å². The van der Waals surface area contributed by atoms with Crippen molar-refractivity contribution in [2.24, 2.45) is 0 Å². The number of esters is 1. The predicted molar refractivity (Wildman–Crippen MR) is 98.5 cm³/mol. The maximum Gasteiger partial charge on any atom is 0.408 e. The summed E-state index contributed by atoms with van der Waals surface area (Å²) in [5, 5.41) is 2.44. The molecule has 0 aliphatic carbocycles. The number of aromatic nitrogens is 2. The van der Waals surface area contributed by atoms with Gasteiger partial charge in [0.2, 0.25) is 5.88 Å². The fourth-order valence-electron chi connectivity index (χ4n) is 2.15. The van der Waals surface area contributed by atoms with Gasteiger partial charge in [-0.25, -0.2) is 14.6 Å². The molecule has 10 heteroatoms. The van der Waals surface area contributed by atoms with Crippen molar-refractivity contribution in [3.8, 4) is 11.9 Å². The molecule has 1 aromatic heterocycles. The van der Waals surface area contributed by atoms with E-state index in [2.05, 4.69) is 15.3 Å². The first kappa shape index (κ1) is 23.1. The third-order valence-corrected chi connectivity index (χ3v) is 3.33. The first-order valence-corrected chi connectivity index (χ1v) is 8.75. The van der Waals surface area contributed by atoms with Gasteiger partial charge in [-0.3, -0.25) is 4.79 Å². The van der Waals surface area contributed by atoms with Crippen LogP contribution in [0.25, 0.3) is 0 Å². The lowest BCUT2D eigenvalue weighted by molar-refractivity contribution is -0.145. The summed E-state index contributed by atoms with van der Waals surface area (Å²) in [4.78, 5) is 44.5. The fraction of sp³-hybridized carbons (Fsp3) is 0.611. The van der Waals surface area contributed by atoms with Gasteiger partial charge in [-0.1, -0.05) is 0 Å². The molecule has 0 bridgehead atoms. The van der Waals surface area contributed by atoms with Crippen LogP contribution in [0.5, 0.6) is 11.9 Å². The van der Waals surface area contributed by atoms with Gasteiger partial charge in [-0.2, -0.15) is 4.98 Å². The van der Waals surface area contributed by atoms with E-state index in [0.29, 0.717) is 0 Å². The number of ketones is 1. The van der Waals surface area contributed by atoms with Gasteiger partial charge in [0, 0.05) is 12.6 Å². The molecule has 0 saturated carbocycles. The third kappa shape index (κ3) is 7.37. The summed E-state index contributed by atoms with van der Waals surface area (Å²) in [7, 11) is 2.76. The predicted octanol–water partition coefficient (Wildman–Crippen LogP) is 1.91. The molecule has 0 saturated heterocycles. The Kier molecular flexibility index (Phi) is 8.62. The van der Waals surface area contributed by atoms with Gasteiger partial charge >= 0.3 is 18.1 Å². The van der Waals surface area contributed by atoms with Gasteiger partial charge in [0.15, 0.2) is 5.78 Å². The second kappa shape index (κ2) is 10.4. The van der Waals surface area contributed by atoms with Crippen LogP contribution in [0.15, 0.2) is 6.20 Å². The lowest BCUT2D eigenvalue weighted by Gasteiger charge is -2.22. The van der Waals surface area contributed by atoms with Crippen LogP contribution >= 0.6 is 0 Å². The molecular weight excluding hydrogens is 370 g/mol. The Balaban J connectivity index is 2.85. The highest BCUT2D eigenvalue weighted by atomic mass is 16.6. The van der Waals surface area contributed by atoms with Gasteiger partial charge in [0.1, 0.15) is 11.6 Å². The van der Waals surface area contributed by atoms with Crippen LogP contribution in [-0.4, -0.2) is 60.3 Å². The van der Waals surface area contributed by atoms with E-state index in [1.165, 1.54) is 20.4 Å². The van der Waals surface area contributed by atoms with Crippen molar-refractivity contribution in [2.45, 2.75) is 52.2 Å².